The summed E-state index contributed by atoms with van der Waals surface area (Å²) in [6.45, 7) is 12.9. The van der Waals surface area contributed by atoms with Crippen molar-refractivity contribution in [1.82, 2.24) is 5.32 Å². The first kappa shape index (κ1) is 19.9. The van der Waals surface area contributed by atoms with E-state index >= 15 is 0 Å². The second-order valence-electron chi connectivity index (χ2n) is 7.16. The SMILES string of the molecule is C=CC(=C)C[C@H](NC(=O)C1CCC(C)(C(N)=O)C1(C)C)C(=O)OC. The quantitative estimate of drug-likeness (QED) is 0.546. The molecule has 0 bridgehead atoms. The molecule has 0 aromatic carbocycles. The summed E-state index contributed by atoms with van der Waals surface area (Å²) < 4.78 is 4.75. The van der Waals surface area contributed by atoms with Gasteiger partial charge in [-0.3, -0.25) is 9.59 Å². The lowest BCUT2D eigenvalue weighted by atomic mass is 9.65. The molecule has 24 heavy (non-hydrogen) atoms. The smallest absolute Gasteiger partial charge is 0.328 e. The van der Waals surface area contributed by atoms with Crippen LogP contribution in [0, 0.1) is 16.7 Å². The van der Waals surface area contributed by atoms with Gasteiger partial charge in [-0.1, -0.05) is 45.6 Å². The summed E-state index contributed by atoms with van der Waals surface area (Å²) in [7, 11) is 1.27. The molecule has 0 aromatic rings. The summed E-state index contributed by atoms with van der Waals surface area (Å²) in [4.78, 5) is 36.5. The Labute approximate surface area is 143 Å². The first-order chi connectivity index (χ1) is 11.0. The molecule has 0 radical (unpaired) electrons. The minimum atomic E-state index is -0.829. The highest BCUT2D eigenvalue weighted by Gasteiger charge is 2.57. The number of rotatable bonds is 7. The molecule has 134 valence electrons. The summed E-state index contributed by atoms with van der Waals surface area (Å²) in [6.07, 6.45) is 2.83. The van der Waals surface area contributed by atoms with E-state index < -0.39 is 34.7 Å². The molecule has 2 unspecified atom stereocenters. The minimum Gasteiger partial charge on any atom is -0.467 e. The molecular weight excluding hydrogens is 308 g/mol. The second kappa shape index (κ2) is 7.20. The monoisotopic (exact) mass is 336 g/mol. The van der Waals surface area contributed by atoms with Crippen molar-refractivity contribution in [1.29, 1.82) is 0 Å². The Kier molecular flexibility index (Phi) is 5.98. The van der Waals surface area contributed by atoms with Gasteiger partial charge in [-0.05, 0) is 18.3 Å². The van der Waals surface area contributed by atoms with Crippen molar-refractivity contribution >= 4 is 17.8 Å². The van der Waals surface area contributed by atoms with Crippen molar-refractivity contribution in [2.24, 2.45) is 22.5 Å². The number of carbonyl (C=O) groups excluding carboxylic acids is 3. The van der Waals surface area contributed by atoms with Gasteiger partial charge in [0, 0.05) is 12.3 Å². The molecule has 1 aliphatic rings. The highest BCUT2D eigenvalue weighted by Crippen LogP contribution is 2.55. The molecule has 1 saturated carbocycles. The number of ether oxygens (including phenoxy) is 1. The summed E-state index contributed by atoms with van der Waals surface area (Å²) in [6, 6.07) is -0.829. The zero-order valence-electron chi connectivity index (χ0n) is 15.0. The fourth-order valence-corrected chi connectivity index (χ4v) is 3.35. The van der Waals surface area contributed by atoms with Crippen LogP contribution in [-0.4, -0.2) is 30.9 Å². The second-order valence-corrected chi connectivity index (χ2v) is 7.16. The van der Waals surface area contributed by atoms with Crippen LogP contribution < -0.4 is 11.1 Å². The van der Waals surface area contributed by atoms with Gasteiger partial charge in [-0.25, -0.2) is 4.79 Å². The third-order valence-corrected chi connectivity index (χ3v) is 5.64. The van der Waals surface area contributed by atoms with Gasteiger partial charge in [0.2, 0.25) is 11.8 Å². The van der Waals surface area contributed by atoms with E-state index in [4.69, 9.17) is 10.5 Å². The van der Waals surface area contributed by atoms with Gasteiger partial charge in [-0.15, -0.1) is 0 Å². The zero-order valence-corrected chi connectivity index (χ0v) is 15.0. The predicted octanol–water partition coefficient (Wildman–Crippen LogP) is 1.70. The normalized spacial score (nSPS) is 26.2. The van der Waals surface area contributed by atoms with E-state index in [1.165, 1.54) is 13.2 Å². The molecule has 3 atom stereocenters. The van der Waals surface area contributed by atoms with Crippen molar-refractivity contribution in [3.8, 4) is 0 Å². The van der Waals surface area contributed by atoms with Gasteiger partial charge in [0.15, 0.2) is 0 Å². The summed E-state index contributed by atoms with van der Waals surface area (Å²) in [5.74, 6) is -1.65. The lowest BCUT2D eigenvalue weighted by Gasteiger charge is -2.39. The van der Waals surface area contributed by atoms with Crippen LogP contribution in [0.15, 0.2) is 24.8 Å². The number of esters is 1. The van der Waals surface area contributed by atoms with Crippen molar-refractivity contribution in [3.05, 3.63) is 24.8 Å². The van der Waals surface area contributed by atoms with E-state index in [0.29, 0.717) is 18.4 Å². The number of nitrogens with one attached hydrogen (secondary N) is 1. The van der Waals surface area contributed by atoms with Crippen LogP contribution in [0.4, 0.5) is 0 Å². The van der Waals surface area contributed by atoms with E-state index in [9.17, 15) is 14.4 Å². The van der Waals surface area contributed by atoms with Crippen molar-refractivity contribution < 1.29 is 19.1 Å². The number of methoxy groups -OCH3 is 1. The van der Waals surface area contributed by atoms with Gasteiger partial charge >= 0.3 is 5.97 Å². The molecule has 1 aliphatic carbocycles. The van der Waals surface area contributed by atoms with Crippen molar-refractivity contribution in [3.63, 3.8) is 0 Å². The Morgan fingerprint density at radius 1 is 1.38 bits per heavy atom. The van der Waals surface area contributed by atoms with Crippen LogP contribution in [0.1, 0.15) is 40.0 Å². The maximum absolute atomic E-state index is 12.7. The average molecular weight is 336 g/mol. The Morgan fingerprint density at radius 2 is 1.96 bits per heavy atom. The Bertz CT molecular complexity index is 567. The van der Waals surface area contributed by atoms with Gasteiger partial charge < -0.3 is 15.8 Å². The third kappa shape index (κ3) is 3.52. The molecule has 6 nitrogen and oxygen atoms in total. The molecule has 0 heterocycles. The van der Waals surface area contributed by atoms with Gasteiger partial charge in [0.25, 0.3) is 0 Å². The summed E-state index contributed by atoms with van der Waals surface area (Å²) >= 11 is 0. The molecule has 1 rings (SSSR count). The average Bonchev–Trinajstić information content (AvgIpc) is 2.76. The predicted molar refractivity (Wildman–Crippen MR) is 91.7 cm³/mol. The number of hydrogen-bond donors (Lipinski definition) is 2. The van der Waals surface area contributed by atoms with Gasteiger partial charge in [0.1, 0.15) is 6.04 Å². The van der Waals surface area contributed by atoms with E-state index in [0.717, 1.165) is 0 Å². The van der Waals surface area contributed by atoms with Crippen LogP contribution in [0.25, 0.3) is 0 Å². The Morgan fingerprint density at radius 3 is 2.38 bits per heavy atom. The molecule has 0 aliphatic heterocycles. The van der Waals surface area contributed by atoms with E-state index in [-0.39, 0.29) is 12.3 Å². The molecule has 0 aromatic heterocycles. The fraction of sp³-hybridized carbons (Fsp3) is 0.611. The molecule has 2 amide bonds. The maximum atomic E-state index is 12.7. The number of carbonyl (C=O) groups is 3. The molecule has 3 N–H and O–H groups in total. The van der Waals surface area contributed by atoms with Crippen LogP contribution in [0.5, 0.6) is 0 Å². The first-order valence-electron chi connectivity index (χ1n) is 7.99. The molecule has 6 heteroatoms. The number of nitrogens with two attached hydrogens (primary N) is 1. The number of allylic oxidation sites excluding steroid dienone is 1. The van der Waals surface area contributed by atoms with Crippen LogP contribution >= 0.6 is 0 Å². The molecular formula is C18H28N2O4. The van der Waals surface area contributed by atoms with Crippen LogP contribution in [-0.2, 0) is 19.1 Å². The van der Waals surface area contributed by atoms with Crippen LogP contribution in [0.3, 0.4) is 0 Å². The third-order valence-electron chi connectivity index (χ3n) is 5.64. The number of hydrogen-bond acceptors (Lipinski definition) is 4. The summed E-state index contributed by atoms with van der Waals surface area (Å²) in [5.41, 5.74) is 4.81. The van der Waals surface area contributed by atoms with E-state index in [1.807, 2.05) is 13.8 Å². The molecule has 0 saturated heterocycles. The van der Waals surface area contributed by atoms with Crippen molar-refractivity contribution in [2.45, 2.75) is 46.1 Å². The lowest BCUT2D eigenvalue weighted by molar-refractivity contribution is -0.147. The highest BCUT2D eigenvalue weighted by atomic mass is 16.5. The fourth-order valence-electron chi connectivity index (χ4n) is 3.35. The number of primary amides is 1. The first-order valence-corrected chi connectivity index (χ1v) is 7.99. The van der Waals surface area contributed by atoms with Gasteiger partial charge in [0.05, 0.1) is 12.5 Å². The molecule has 1 fully saturated rings. The van der Waals surface area contributed by atoms with Gasteiger partial charge in [-0.2, -0.15) is 0 Å². The van der Waals surface area contributed by atoms with E-state index in [1.54, 1.807) is 6.92 Å². The Hall–Kier alpha value is -2.11. The standard InChI is InChI=1S/C18H28N2O4/c1-7-11(2)10-13(15(22)24-6)20-14(21)12-8-9-18(5,16(19)23)17(12,3)4/h7,12-13H,1-2,8-10H2,3-6H3,(H2,19,23)(H,20,21)/t12?,13-,18?/m0/s1. The van der Waals surface area contributed by atoms with Crippen molar-refractivity contribution in [2.75, 3.05) is 7.11 Å². The topological polar surface area (TPSA) is 98.5 Å². The highest BCUT2D eigenvalue weighted by molar-refractivity contribution is 5.89. The molecule has 0 spiro atoms. The van der Waals surface area contributed by atoms with E-state index in [2.05, 4.69) is 18.5 Å². The Balaban J connectivity index is 2.96. The lowest BCUT2D eigenvalue weighted by Crippen LogP contribution is -2.50. The number of amides is 2. The zero-order chi connectivity index (χ0) is 18.7. The minimum absolute atomic E-state index is 0.224. The van der Waals surface area contributed by atoms with Crippen LogP contribution in [0.2, 0.25) is 0 Å². The largest absolute Gasteiger partial charge is 0.467 e. The maximum Gasteiger partial charge on any atom is 0.328 e. The summed E-state index contributed by atoms with van der Waals surface area (Å²) in [5, 5.41) is 2.73.